The molecule has 3 aromatic rings. The van der Waals surface area contributed by atoms with E-state index in [0.717, 1.165) is 11.1 Å². The Morgan fingerprint density at radius 2 is 1.76 bits per heavy atom. The summed E-state index contributed by atoms with van der Waals surface area (Å²) >= 11 is 3.65. The molecule has 0 aromatic heterocycles. The number of ketones is 1. The average molecular weight is 571 g/mol. The number of carbonyl (C=O) groups is 2. The van der Waals surface area contributed by atoms with Crippen molar-refractivity contribution in [3.05, 3.63) is 110 Å². The molecule has 1 aliphatic heterocycles. The third-order valence-corrected chi connectivity index (χ3v) is 7.46. The number of hydrogen-bond donors (Lipinski definition) is 1. The van der Waals surface area contributed by atoms with Crippen LogP contribution in [0, 0.1) is 11.3 Å². The summed E-state index contributed by atoms with van der Waals surface area (Å²) in [5, 5.41) is 12.7. The Bertz CT molecular complexity index is 1600. The molecule has 1 N–H and O–H groups in total. The molecule has 1 heterocycles. The van der Waals surface area contributed by atoms with E-state index in [0.29, 0.717) is 55.2 Å². The number of nitrogens with one attached hydrogen (secondary N) is 1. The fourth-order valence-corrected chi connectivity index (χ4v) is 5.53. The molecular weight excluding hydrogens is 548 g/mol. The van der Waals surface area contributed by atoms with Gasteiger partial charge in [-0.3, -0.25) is 4.79 Å². The number of allylic oxidation sites excluding steroid dienone is 2. The molecule has 0 saturated carbocycles. The van der Waals surface area contributed by atoms with Gasteiger partial charge < -0.3 is 19.5 Å². The van der Waals surface area contributed by atoms with Crippen LogP contribution in [0.2, 0.25) is 0 Å². The van der Waals surface area contributed by atoms with Gasteiger partial charge in [-0.1, -0.05) is 58.4 Å². The number of esters is 1. The number of dihydropyridines is 1. The van der Waals surface area contributed by atoms with E-state index in [1.165, 1.54) is 14.2 Å². The topological polar surface area (TPSA) is 97.7 Å². The first-order valence-corrected chi connectivity index (χ1v) is 12.6. The van der Waals surface area contributed by atoms with Gasteiger partial charge in [-0.2, -0.15) is 5.26 Å². The van der Waals surface area contributed by atoms with E-state index >= 15 is 0 Å². The zero-order chi connectivity index (χ0) is 27.0. The highest BCUT2D eigenvalue weighted by Crippen LogP contribution is 2.50. The van der Waals surface area contributed by atoms with Crippen molar-refractivity contribution in [3.63, 3.8) is 0 Å². The van der Waals surface area contributed by atoms with Crippen molar-refractivity contribution in [3.8, 4) is 17.6 Å². The molecule has 2 aliphatic rings. The first-order chi connectivity index (χ1) is 18.4. The van der Waals surface area contributed by atoms with Gasteiger partial charge in [0.2, 0.25) is 0 Å². The minimum atomic E-state index is -0.713. The van der Waals surface area contributed by atoms with E-state index in [2.05, 4.69) is 27.3 Å². The molecule has 5 rings (SSSR count). The standard InChI is InChI=1S/C30H23BrN2O5/c1-16-25(30(35)37-3)26(27-28(33-16)19-10-6-7-11-20(19)29(27)34)21-12-23(36-2)24(13-22(21)31)38-15-18-9-5-4-8-17(18)14-32/h4-13,26,33H,15H2,1-3H3/t26-/m1/s1. The van der Waals surface area contributed by atoms with Crippen molar-refractivity contribution < 1.29 is 23.8 Å². The van der Waals surface area contributed by atoms with Crippen molar-refractivity contribution in [2.24, 2.45) is 0 Å². The summed E-state index contributed by atoms with van der Waals surface area (Å²) in [5.41, 5.74) is 5.38. The number of carbonyl (C=O) groups excluding carboxylic acids is 2. The summed E-state index contributed by atoms with van der Waals surface area (Å²) in [4.78, 5) is 26.7. The SMILES string of the molecule is COC(=O)C1=C(C)NC2=C(C(=O)c3ccccc32)[C@@H]1c1cc(OC)c(OCc2ccccc2C#N)cc1Br. The van der Waals surface area contributed by atoms with Crippen molar-refractivity contribution in [1.29, 1.82) is 5.26 Å². The zero-order valence-electron chi connectivity index (χ0n) is 20.9. The van der Waals surface area contributed by atoms with Crippen molar-refractivity contribution in [1.82, 2.24) is 5.32 Å². The number of methoxy groups -OCH3 is 2. The summed E-state index contributed by atoms with van der Waals surface area (Å²) in [6, 6.07) is 20.3. The van der Waals surface area contributed by atoms with Crippen LogP contribution in [0.25, 0.3) is 5.70 Å². The minimum absolute atomic E-state index is 0.152. The summed E-state index contributed by atoms with van der Waals surface area (Å²) < 4.78 is 17.5. The molecule has 0 amide bonds. The van der Waals surface area contributed by atoms with E-state index in [4.69, 9.17) is 14.2 Å². The number of fused-ring (bicyclic) bond motifs is 2. The molecule has 38 heavy (non-hydrogen) atoms. The molecule has 1 atom stereocenters. The molecule has 0 spiro atoms. The number of hydrogen-bond acceptors (Lipinski definition) is 7. The van der Waals surface area contributed by atoms with Crippen LogP contribution in [0.15, 0.2) is 82.0 Å². The number of nitriles is 1. The Balaban J connectivity index is 1.61. The molecule has 190 valence electrons. The van der Waals surface area contributed by atoms with Crippen molar-refractivity contribution in [2.75, 3.05) is 14.2 Å². The van der Waals surface area contributed by atoms with E-state index in [1.807, 2.05) is 30.3 Å². The molecule has 0 unspecified atom stereocenters. The van der Waals surface area contributed by atoms with Crippen LogP contribution < -0.4 is 14.8 Å². The van der Waals surface area contributed by atoms with Crippen LogP contribution in [-0.4, -0.2) is 26.0 Å². The summed E-state index contributed by atoms with van der Waals surface area (Å²) in [7, 11) is 2.84. The minimum Gasteiger partial charge on any atom is -0.493 e. The van der Waals surface area contributed by atoms with Gasteiger partial charge in [0.15, 0.2) is 17.3 Å². The maximum Gasteiger partial charge on any atom is 0.336 e. The lowest BCUT2D eigenvalue weighted by atomic mass is 9.79. The summed E-state index contributed by atoms with van der Waals surface area (Å²) in [6.07, 6.45) is 0. The zero-order valence-corrected chi connectivity index (χ0v) is 22.5. The van der Waals surface area contributed by atoms with E-state index < -0.39 is 11.9 Å². The first-order valence-electron chi connectivity index (χ1n) is 11.8. The number of rotatable bonds is 6. The van der Waals surface area contributed by atoms with Gasteiger partial charge in [-0.05, 0) is 30.7 Å². The number of ether oxygens (including phenoxy) is 3. The van der Waals surface area contributed by atoms with Gasteiger partial charge in [0.05, 0.1) is 43.0 Å². The largest absolute Gasteiger partial charge is 0.493 e. The normalized spacial score (nSPS) is 15.9. The molecule has 3 aromatic carbocycles. The molecule has 8 heteroatoms. The fourth-order valence-electron chi connectivity index (χ4n) is 4.98. The van der Waals surface area contributed by atoms with Crippen LogP contribution in [0.1, 0.15) is 45.5 Å². The quantitative estimate of drug-likeness (QED) is 0.382. The average Bonchev–Trinajstić information content (AvgIpc) is 3.22. The lowest BCUT2D eigenvalue weighted by Gasteiger charge is -2.30. The van der Waals surface area contributed by atoms with Gasteiger partial charge in [0.1, 0.15) is 6.61 Å². The van der Waals surface area contributed by atoms with E-state index in [-0.39, 0.29) is 12.4 Å². The van der Waals surface area contributed by atoms with Crippen molar-refractivity contribution in [2.45, 2.75) is 19.4 Å². The monoisotopic (exact) mass is 570 g/mol. The maximum absolute atomic E-state index is 13.7. The van der Waals surface area contributed by atoms with Crippen LogP contribution in [0.5, 0.6) is 11.5 Å². The fraction of sp³-hybridized carbons (Fsp3) is 0.167. The Morgan fingerprint density at radius 1 is 1.05 bits per heavy atom. The summed E-state index contributed by atoms with van der Waals surface area (Å²) in [5.74, 6) is -0.533. The van der Waals surface area contributed by atoms with E-state index in [1.54, 1.807) is 37.3 Å². The van der Waals surface area contributed by atoms with Gasteiger partial charge in [-0.15, -0.1) is 0 Å². The third-order valence-electron chi connectivity index (χ3n) is 6.77. The van der Waals surface area contributed by atoms with Crippen molar-refractivity contribution >= 4 is 33.4 Å². The Morgan fingerprint density at radius 3 is 2.47 bits per heavy atom. The predicted octanol–water partition coefficient (Wildman–Crippen LogP) is 5.65. The Hall–Kier alpha value is -4.35. The third kappa shape index (κ3) is 4.15. The number of nitrogens with zero attached hydrogens (tertiary/aromatic N) is 1. The first kappa shape index (κ1) is 25.3. The molecule has 0 fully saturated rings. The van der Waals surface area contributed by atoms with Gasteiger partial charge in [0.25, 0.3) is 0 Å². The predicted molar refractivity (Wildman–Crippen MR) is 144 cm³/mol. The van der Waals surface area contributed by atoms with Crippen LogP contribution >= 0.6 is 15.9 Å². The molecule has 0 saturated heterocycles. The highest BCUT2D eigenvalue weighted by Gasteiger charge is 2.43. The second-order valence-electron chi connectivity index (χ2n) is 8.83. The number of Topliss-reactive ketones (excluding diaryl/α,β-unsaturated/α-hetero) is 1. The van der Waals surface area contributed by atoms with Crippen LogP contribution in [-0.2, 0) is 16.1 Å². The van der Waals surface area contributed by atoms with Gasteiger partial charge in [0, 0.05) is 32.4 Å². The smallest absolute Gasteiger partial charge is 0.336 e. The van der Waals surface area contributed by atoms with Crippen LogP contribution in [0.4, 0.5) is 0 Å². The number of halogens is 1. The molecule has 1 aliphatic carbocycles. The Labute approximate surface area is 228 Å². The molecule has 0 radical (unpaired) electrons. The molecule has 7 nitrogen and oxygen atoms in total. The van der Waals surface area contributed by atoms with Gasteiger partial charge in [-0.25, -0.2) is 4.79 Å². The second-order valence-corrected chi connectivity index (χ2v) is 9.69. The summed E-state index contributed by atoms with van der Waals surface area (Å²) in [6.45, 7) is 1.96. The van der Waals surface area contributed by atoms with Gasteiger partial charge >= 0.3 is 5.97 Å². The lowest BCUT2D eigenvalue weighted by Crippen LogP contribution is -2.29. The Kier molecular flexibility index (Phi) is 6.79. The lowest BCUT2D eigenvalue weighted by molar-refractivity contribution is -0.136. The highest BCUT2D eigenvalue weighted by atomic mass is 79.9. The number of benzene rings is 3. The molecule has 0 bridgehead atoms. The maximum atomic E-state index is 13.7. The second kappa shape index (κ2) is 10.2. The van der Waals surface area contributed by atoms with Crippen LogP contribution in [0.3, 0.4) is 0 Å². The van der Waals surface area contributed by atoms with E-state index in [9.17, 15) is 14.9 Å². The highest BCUT2D eigenvalue weighted by molar-refractivity contribution is 9.10. The molecular formula is C30H23BrN2O5.